The first kappa shape index (κ1) is 15.0. The van der Waals surface area contributed by atoms with Gasteiger partial charge in [-0.2, -0.15) is 5.10 Å². The number of hydrogen-bond acceptors (Lipinski definition) is 4. The van der Waals surface area contributed by atoms with E-state index in [0.29, 0.717) is 6.61 Å². The molecule has 1 aromatic rings. The monoisotopic (exact) mass is 279 g/mol. The van der Waals surface area contributed by atoms with Crippen molar-refractivity contribution in [1.82, 2.24) is 14.7 Å². The minimum atomic E-state index is -0.0938. The highest BCUT2D eigenvalue weighted by Gasteiger charge is 2.30. The van der Waals surface area contributed by atoms with E-state index in [1.807, 2.05) is 18.7 Å². The predicted octanol–water partition coefficient (Wildman–Crippen LogP) is 1.90. The van der Waals surface area contributed by atoms with Crippen molar-refractivity contribution in [2.45, 2.75) is 52.1 Å². The van der Waals surface area contributed by atoms with Gasteiger partial charge in [-0.1, -0.05) is 13.3 Å². The zero-order chi connectivity index (χ0) is 14.5. The number of piperidine rings is 1. The first-order valence-corrected chi connectivity index (χ1v) is 7.58. The highest BCUT2D eigenvalue weighted by atomic mass is 16.5. The highest BCUT2D eigenvalue weighted by molar-refractivity contribution is 5.75. The number of ether oxygens (including phenoxy) is 1. The molecule has 0 radical (unpaired) electrons. The minimum absolute atomic E-state index is 0.0786. The molecule has 1 aliphatic rings. The van der Waals surface area contributed by atoms with Crippen molar-refractivity contribution in [3.63, 3.8) is 0 Å². The molecular weight excluding hydrogens is 254 g/mol. The normalized spacial score (nSPS) is 20.1. The summed E-state index contributed by atoms with van der Waals surface area (Å²) in [6, 6.07) is 2.04. The van der Waals surface area contributed by atoms with E-state index >= 15 is 0 Å². The summed E-state index contributed by atoms with van der Waals surface area (Å²) in [7, 11) is 1.97. The average Bonchev–Trinajstić information content (AvgIpc) is 2.80. The van der Waals surface area contributed by atoms with E-state index in [9.17, 15) is 4.79 Å². The summed E-state index contributed by atoms with van der Waals surface area (Å²) in [5.41, 5.74) is 2.27. The number of aromatic nitrogens is 2. The Labute approximate surface area is 120 Å². The molecule has 2 rings (SSSR count). The Bertz CT molecular complexity index is 456. The molecule has 5 heteroatoms. The quantitative estimate of drug-likeness (QED) is 0.772. The van der Waals surface area contributed by atoms with Gasteiger partial charge >= 0.3 is 5.97 Å². The highest BCUT2D eigenvalue weighted by Crippen LogP contribution is 2.21. The average molecular weight is 279 g/mol. The third-order valence-corrected chi connectivity index (χ3v) is 3.93. The first-order valence-electron chi connectivity index (χ1n) is 7.58. The van der Waals surface area contributed by atoms with Crippen molar-refractivity contribution < 1.29 is 9.53 Å². The number of hydrogen-bond donors (Lipinski definition) is 0. The largest absolute Gasteiger partial charge is 0.465 e. The number of aryl methyl sites for hydroxylation is 2. The second-order valence-electron chi connectivity index (χ2n) is 5.34. The molecule has 1 unspecified atom stereocenters. The minimum Gasteiger partial charge on any atom is -0.465 e. The first-order chi connectivity index (χ1) is 9.65. The molecule has 0 amide bonds. The molecule has 1 fully saturated rings. The summed E-state index contributed by atoms with van der Waals surface area (Å²) in [4.78, 5) is 14.3. The summed E-state index contributed by atoms with van der Waals surface area (Å²) >= 11 is 0. The van der Waals surface area contributed by atoms with Crippen molar-refractivity contribution in [1.29, 1.82) is 0 Å². The topological polar surface area (TPSA) is 47.4 Å². The zero-order valence-electron chi connectivity index (χ0n) is 12.8. The summed E-state index contributed by atoms with van der Waals surface area (Å²) in [6.45, 7) is 6.14. The zero-order valence-corrected chi connectivity index (χ0v) is 12.8. The fraction of sp³-hybridized carbons (Fsp3) is 0.733. The Morgan fingerprint density at radius 2 is 2.25 bits per heavy atom. The molecule has 112 valence electrons. The lowest BCUT2D eigenvalue weighted by molar-refractivity contribution is -0.151. The van der Waals surface area contributed by atoms with E-state index in [1.165, 1.54) is 0 Å². The molecular formula is C15H25N3O2. The summed E-state index contributed by atoms with van der Waals surface area (Å²) in [5.74, 6) is -0.0786. The van der Waals surface area contributed by atoms with Crippen molar-refractivity contribution in [3.8, 4) is 0 Å². The van der Waals surface area contributed by atoms with Gasteiger partial charge in [0, 0.05) is 13.6 Å². The van der Waals surface area contributed by atoms with Gasteiger partial charge in [0.15, 0.2) is 0 Å². The summed E-state index contributed by atoms with van der Waals surface area (Å²) in [5, 5.41) is 4.47. The second-order valence-corrected chi connectivity index (χ2v) is 5.34. The molecule has 1 atom stereocenters. The second kappa shape index (κ2) is 6.88. The number of esters is 1. The lowest BCUT2D eigenvalue weighted by Gasteiger charge is -2.33. The lowest BCUT2D eigenvalue weighted by atomic mass is 10.0. The Morgan fingerprint density at radius 3 is 2.90 bits per heavy atom. The molecule has 2 heterocycles. The van der Waals surface area contributed by atoms with Crippen LogP contribution in [0.4, 0.5) is 0 Å². The standard InChI is InChI=1S/C15H25N3O2/c1-4-12-10-13(17(3)16-12)11-18-9-7-6-8-14(18)15(19)20-5-2/h10,14H,4-9,11H2,1-3H3. The molecule has 1 saturated heterocycles. The fourth-order valence-electron chi connectivity index (χ4n) is 2.79. The molecule has 20 heavy (non-hydrogen) atoms. The third kappa shape index (κ3) is 3.39. The van der Waals surface area contributed by atoms with Crippen molar-refractivity contribution >= 4 is 5.97 Å². The number of carbonyl (C=O) groups is 1. The maximum absolute atomic E-state index is 12.1. The SMILES string of the molecule is CCOC(=O)C1CCCCN1Cc1cc(CC)nn1C. The van der Waals surface area contributed by atoms with Crippen molar-refractivity contribution in [3.05, 3.63) is 17.5 Å². The van der Waals surface area contributed by atoms with Crippen LogP contribution in [0.3, 0.4) is 0 Å². The molecule has 0 aromatic carbocycles. The number of rotatable bonds is 5. The third-order valence-electron chi connectivity index (χ3n) is 3.93. The van der Waals surface area contributed by atoms with Gasteiger partial charge in [0.2, 0.25) is 0 Å². The number of nitrogens with zero attached hydrogens (tertiary/aromatic N) is 3. The molecule has 1 aromatic heterocycles. The maximum Gasteiger partial charge on any atom is 0.323 e. The lowest BCUT2D eigenvalue weighted by Crippen LogP contribution is -2.45. The van der Waals surface area contributed by atoms with Gasteiger partial charge in [0.25, 0.3) is 0 Å². The van der Waals surface area contributed by atoms with Gasteiger partial charge in [-0.05, 0) is 38.8 Å². The van der Waals surface area contributed by atoms with Crippen LogP contribution in [0.15, 0.2) is 6.07 Å². The van der Waals surface area contributed by atoms with E-state index in [0.717, 1.165) is 50.2 Å². The van der Waals surface area contributed by atoms with Crippen LogP contribution in [0.5, 0.6) is 0 Å². The number of likely N-dealkylation sites (tertiary alicyclic amines) is 1. The van der Waals surface area contributed by atoms with Crippen LogP contribution in [-0.2, 0) is 29.5 Å². The van der Waals surface area contributed by atoms with Gasteiger partial charge in [-0.25, -0.2) is 0 Å². The Balaban J connectivity index is 2.08. The van der Waals surface area contributed by atoms with E-state index in [2.05, 4.69) is 23.0 Å². The number of carbonyl (C=O) groups excluding carboxylic acids is 1. The van der Waals surface area contributed by atoms with E-state index < -0.39 is 0 Å². The van der Waals surface area contributed by atoms with Gasteiger partial charge in [0.05, 0.1) is 18.0 Å². The van der Waals surface area contributed by atoms with E-state index in [4.69, 9.17) is 4.74 Å². The van der Waals surface area contributed by atoms with Gasteiger partial charge in [0.1, 0.15) is 6.04 Å². The Hall–Kier alpha value is -1.36. The maximum atomic E-state index is 12.1. The molecule has 0 aliphatic carbocycles. The Morgan fingerprint density at radius 1 is 1.45 bits per heavy atom. The van der Waals surface area contributed by atoms with Crippen molar-refractivity contribution in [2.75, 3.05) is 13.2 Å². The Kier molecular flexibility index (Phi) is 5.17. The molecule has 0 bridgehead atoms. The molecule has 1 aliphatic heterocycles. The summed E-state index contributed by atoms with van der Waals surface area (Å²) in [6.07, 6.45) is 4.09. The van der Waals surface area contributed by atoms with E-state index in [-0.39, 0.29) is 12.0 Å². The van der Waals surface area contributed by atoms with Crippen LogP contribution in [0.25, 0.3) is 0 Å². The van der Waals surface area contributed by atoms with Crippen molar-refractivity contribution in [2.24, 2.45) is 7.05 Å². The molecule has 0 spiro atoms. The molecule has 0 saturated carbocycles. The predicted molar refractivity (Wildman–Crippen MR) is 77.3 cm³/mol. The molecule has 5 nitrogen and oxygen atoms in total. The van der Waals surface area contributed by atoms with E-state index in [1.54, 1.807) is 0 Å². The van der Waals surface area contributed by atoms with Gasteiger partial charge in [-0.3, -0.25) is 14.4 Å². The van der Waals surface area contributed by atoms with Gasteiger partial charge < -0.3 is 4.74 Å². The summed E-state index contributed by atoms with van der Waals surface area (Å²) < 4.78 is 7.13. The van der Waals surface area contributed by atoms with Gasteiger partial charge in [-0.15, -0.1) is 0 Å². The van der Waals surface area contributed by atoms with Crippen LogP contribution in [0, 0.1) is 0 Å². The fourth-order valence-corrected chi connectivity index (χ4v) is 2.79. The van der Waals surface area contributed by atoms with Crippen LogP contribution in [0.1, 0.15) is 44.5 Å². The smallest absolute Gasteiger partial charge is 0.323 e. The van der Waals surface area contributed by atoms with Crippen LogP contribution < -0.4 is 0 Å². The van der Waals surface area contributed by atoms with Crippen LogP contribution in [-0.4, -0.2) is 39.8 Å². The van der Waals surface area contributed by atoms with Crippen LogP contribution in [0.2, 0.25) is 0 Å². The van der Waals surface area contributed by atoms with Crippen LogP contribution >= 0.6 is 0 Å². The molecule has 0 N–H and O–H groups in total.